The zero-order valence-corrected chi connectivity index (χ0v) is 11.0. The van der Waals surface area contributed by atoms with Gasteiger partial charge < -0.3 is 5.73 Å². The lowest BCUT2D eigenvalue weighted by molar-refractivity contribution is 1.38. The van der Waals surface area contributed by atoms with Gasteiger partial charge in [0.15, 0.2) is 0 Å². The van der Waals surface area contributed by atoms with Crippen LogP contribution in [0.4, 0.5) is 5.69 Å². The molecule has 1 aromatic heterocycles. The van der Waals surface area contributed by atoms with Gasteiger partial charge in [-0.05, 0) is 62.1 Å². The van der Waals surface area contributed by atoms with E-state index in [2.05, 4.69) is 45.9 Å². The molecule has 2 heteroatoms. The van der Waals surface area contributed by atoms with Crippen molar-refractivity contribution in [3.05, 3.63) is 39.8 Å². The number of hydrogen-bond donors (Lipinski definition) is 1. The van der Waals surface area contributed by atoms with Gasteiger partial charge in [0.2, 0.25) is 0 Å². The Bertz CT molecular complexity index is 538. The highest BCUT2D eigenvalue weighted by Gasteiger charge is 2.10. The highest BCUT2D eigenvalue weighted by atomic mass is 32.1. The number of aryl methyl sites for hydroxylation is 4. The van der Waals surface area contributed by atoms with Gasteiger partial charge in [0.25, 0.3) is 0 Å². The van der Waals surface area contributed by atoms with Crippen molar-refractivity contribution in [2.45, 2.75) is 27.7 Å². The predicted molar refractivity (Wildman–Crippen MR) is 73.1 cm³/mol. The first kappa shape index (κ1) is 11.2. The minimum absolute atomic E-state index is 0.881. The standard InChI is InChI=1S/C14H17NS/c1-8-5-9(2)13(15)7-12(8)14-10(3)6-11(4)16-14/h5-7H,15H2,1-4H3. The van der Waals surface area contributed by atoms with Crippen LogP contribution in [-0.4, -0.2) is 0 Å². The van der Waals surface area contributed by atoms with E-state index in [9.17, 15) is 0 Å². The molecule has 1 aromatic carbocycles. The summed E-state index contributed by atoms with van der Waals surface area (Å²) in [5.41, 5.74) is 11.9. The van der Waals surface area contributed by atoms with Crippen LogP contribution in [0.15, 0.2) is 18.2 Å². The molecule has 0 saturated heterocycles. The molecule has 0 fully saturated rings. The van der Waals surface area contributed by atoms with Crippen molar-refractivity contribution in [3.8, 4) is 10.4 Å². The van der Waals surface area contributed by atoms with Crippen LogP contribution in [-0.2, 0) is 0 Å². The third-order valence-corrected chi connectivity index (χ3v) is 4.08. The highest BCUT2D eigenvalue weighted by molar-refractivity contribution is 7.15. The Kier molecular flexibility index (Phi) is 2.76. The summed E-state index contributed by atoms with van der Waals surface area (Å²) in [5, 5.41) is 0. The highest BCUT2D eigenvalue weighted by Crippen LogP contribution is 2.35. The van der Waals surface area contributed by atoms with E-state index in [1.165, 1.54) is 26.4 Å². The average Bonchev–Trinajstić information content (AvgIpc) is 2.51. The zero-order valence-electron chi connectivity index (χ0n) is 10.2. The van der Waals surface area contributed by atoms with Gasteiger partial charge in [0.05, 0.1) is 0 Å². The molecule has 0 saturated carbocycles. The number of rotatable bonds is 1. The normalized spacial score (nSPS) is 10.8. The van der Waals surface area contributed by atoms with Crippen LogP contribution in [0.5, 0.6) is 0 Å². The lowest BCUT2D eigenvalue weighted by Gasteiger charge is -2.09. The number of anilines is 1. The Labute approximate surface area is 101 Å². The van der Waals surface area contributed by atoms with Crippen molar-refractivity contribution < 1.29 is 0 Å². The molecule has 16 heavy (non-hydrogen) atoms. The molecular weight excluding hydrogens is 214 g/mol. The van der Waals surface area contributed by atoms with Gasteiger partial charge in [0, 0.05) is 15.4 Å². The summed E-state index contributed by atoms with van der Waals surface area (Å²) in [6.45, 7) is 8.51. The summed E-state index contributed by atoms with van der Waals surface area (Å²) < 4.78 is 0. The topological polar surface area (TPSA) is 26.0 Å². The fraction of sp³-hybridized carbons (Fsp3) is 0.286. The molecule has 0 aliphatic heterocycles. The Morgan fingerprint density at radius 3 is 2.12 bits per heavy atom. The number of benzene rings is 1. The maximum atomic E-state index is 5.99. The van der Waals surface area contributed by atoms with Gasteiger partial charge in [-0.1, -0.05) is 6.07 Å². The quantitative estimate of drug-likeness (QED) is 0.730. The molecule has 2 rings (SSSR count). The molecule has 0 bridgehead atoms. The maximum Gasteiger partial charge on any atom is 0.0378 e. The first-order valence-electron chi connectivity index (χ1n) is 5.43. The summed E-state index contributed by atoms with van der Waals surface area (Å²) in [6, 6.07) is 6.50. The van der Waals surface area contributed by atoms with Crippen LogP contribution in [0.25, 0.3) is 10.4 Å². The summed E-state index contributed by atoms with van der Waals surface area (Å²) >= 11 is 1.84. The van der Waals surface area contributed by atoms with Crippen molar-refractivity contribution >= 4 is 17.0 Å². The molecule has 0 radical (unpaired) electrons. The summed E-state index contributed by atoms with van der Waals surface area (Å²) in [4.78, 5) is 2.70. The Hall–Kier alpha value is -1.28. The van der Waals surface area contributed by atoms with Crippen LogP contribution in [0, 0.1) is 27.7 Å². The van der Waals surface area contributed by atoms with E-state index in [1.807, 2.05) is 11.3 Å². The van der Waals surface area contributed by atoms with E-state index >= 15 is 0 Å². The molecule has 0 atom stereocenters. The van der Waals surface area contributed by atoms with E-state index in [0.29, 0.717) is 0 Å². The second-order valence-electron chi connectivity index (χ2n) is 4.39. The molecule has 0 spiro atoms. The smallest absolute Gasteiger partial charge is 0.0378 e. The molecule has 1 nitrogen and oxygen atoms in total. The van der Waals surface area contributed by atoms with E-state index in [1.54, 1.807) is 0 Å². The van der Waals surface area contributed by atoms with Crippen LogP contribution in [0.3, 0.4) is 0 Å². The van der Waals surface area contributed by atoms with Gasteiger partial charge in [-0.3, -0.25) is 0 Å². The van der Waals surface area contributed by atoms with Crippen molar-refractivity contribution in [1.82, 2.24) is 0 Å². The Morgan fingerprint density at radius 1 is 0.875 bits per heavy atom. The van der Waals surface area contributed by atoms with E-state index in [-0.39, 0.29) is 0 Å². The fourth-order valence-corrected chi connectivity index (χ4v) is 3.13. The second-order valence-corrected chi connectivity index (χ2v) is 5.65. The second kappa shape index (κ2) is 3.95. The fourth-order valence-electron chi connectivity index (χ4n) is 2.02. The van der Waals surface area contributed by atoms with Gasteiger partial charge in [-0.2, -0.15) is 0 Å². The third kappa shape index (κ3) is 1.85. The van der Waals surface area contributed by atoms with Gasteiger partial charge in [0.1, 0.15) is 0 Å². The first-order valence-corrected chi connectivity index (χ1v) is 6.25. The molecule has 1 heterocycles. The lowest BCUT2D eigenvalue weighted by Crippen LogP contribution is -1.92. The molecule has 2 N–H and O–H groups in total. The maximum absolute atomic E-state index is 5.99. The molecular formula is C14H17NS. The number of hydrogen-bond acceptors (Lipinski definition) is 2. The number of thiophene rings is 1. The molecule has 0 aliphatic carbocycles. The van der Waals surface area contributed by atoms with Crippen LogP contribution in [0.2, 0.25) is 0 Å². The largest absolute Gasteiger partial charge is 0.398 e. The van der Waals surface area contributed by atoms with E-state index < -0.39 is 0 Å². The van der Waals surface area contributed by atoms with E-state index in [4.69, 9.17) is 5.73 Å². The monoisotopic (exact) mass is 231 g/mol. The van der Waals surface area contributed by atoms with E-state index in [0.717, 1.165) is 11.3 Å². The summed E-state index contributed by atoms with van der Waals surface area (Å²) in [5.74, 6) is 0. The van der Waals surface area contributed by atoms with Crippen LogP contribution in [0.1, 0.15) is 21.6 Å². The van der Waals surface area contributed by atoms with Gasteiger partial charge in [-0.15, -0.1) is 11.3 Å². The van der Waals surface area contributed by atoms with Crippen molar-refractivity contribution in [2.24, 2.45) is 0 Å². The molecule has 0 aliphatic rings. The summed E-state index contributed by atoms with van der Waals surface area (Å²) in [6.07, 6.45) is 0. The summed E-state index contributed by atoms with van der Waals surface area (Å²) in [7, 11) is 0. The van der Waals surface area contributed by atoms with Crippen LogP contribution >= 0.6 is 11.3 Å². The van der Waals surface area contributed by atoms with Crippen LogP contribution < -0.4 is 5.73 Å². The minimum atomic E-state index is 0.881. The molecule has 84 valence electrons. The van der Waals surface area contributed by atoms with Crippen molar-refractivity contribution in [3.63, 3.8) is 0 Å². The molecule has 2 aromatic rings. The molecule has 0 unspecified atom stereocenters. The van der Waals surface area contributed by atoms with Crippen molar-refractivity contribution in [1.29, 1.82) is 0 Å². The number of nitrogen functional groups attached to an aromatic ring is 1. The molecule has 0 amide bonds. The van der Waals surface area contributed by atoms with Crippen molar-refractivity contribution in [2.75, 3.05) is 5.73 Å². The first-order chi connectivity index (χ1) is 7.49. The van der Waals surface area contributed by atoms with Gasteiger partial charge >= 0.3 is 0 Å². The number of nitrogens with two attached hydrogens (primary N) is 1. The minimum Gasteiger partial charge on any atom is -0.398 e. The van der Waals surface area contributed by atoms with Gasteiger partial charge in [-0.25, -0.2) is 0 Å². The SMILES string of the molecule is Cc1cc(C)c(-c2cc(N)c(C)cc2C)s1. The Morgan fingerprint density at radius 2 is 1.56 bits per heavy atom. The Balaban J connectivity index is 2.64. The lowest BCUT2D eigenvalue weighted by atomic mass is 10.0. The predicted octanol–water partition coefficient (Wildman–Crippen LogP) is 4.23. The third-order valence-electron chi connectivity index (χ3n) is 2.90. The zero-order chi connectivity index (χ0) is 11.9. The average molecular weight is 231 g/mol.